The molecular formula is C14H18ClN5O. The Hall–Kier alpha value is -2.05. The number of rotatable bonds is 4. The molecule has 0 fully saturated rings. The standard InChI is InChI=1S/C14H18ClN5O/c1-8-5-10(6-9(2)11(8)15)21-14-12(16)13(17-7-18-14)19-20(3)4/h5-7H,16H2,1-4H3,(H,17,18,19). The lowest BCUT2D eigenvalue weighted by Gasteiger charge is -2.16. The Kier molecular flexibility index (Phi) is 4.50. The molecule has 1 aromatic heterocycles. The number of nitrogens with zero attached hydrogens (tertiary/aromatic N) is 3. The van der Waals surface area contributed by atoms with E-state index in [4.69, 9.17) is 22.1 Å². The number of hydrogen-bond acceptors (Lipinski definition) is 6. The molecule has 0 aliphatic heterocycles. The molecule has 1 heterocycles. The highest BCUT2D eigenvalue weighted by Crippen LogP contribution is 2.32. The predicted octanol–water partition coefficient (Wildman–Crippen LogP) is 3.01. The van der Waals surface area contributed by atoms with Gasteiger partial charge in [-0.15, -0.1) is 0 Å². The van der Waals surface area contributed by atoms with Gasteiger partial charge in [-0.2, -0.15) is 4.98 Å². The zero-order valence-corrected chi connectivity index (χ0v) is 13.2. The fourth-order valence-corrected chi connectivity index (χ4v) is 1.95. The minimum atomic E-state index is 0.301. The first kappa shape index (κ1) is 15.3. The van der Waals surface area contributed by atoms with Crippen LogP contribution >= 0.6 is 11.6 Å². The maximum Gasteiger partial charge on any atom is 0.248 e. The topological polar surface area (TPSA) is 76.3 Å². The summed E-state index contributed by atoms with van der Waals surface area (Å²) >= 11 is 6.15. The highest BCUT2D eigenvalue weighted by atomic mass is 35.5. The lowest BCUT2D eigenvalue weighted by molar-refractivity contribution is 0.460. The summed E-state index contributed by atoms with van der Waals surface area (Å²) in [4.78, 5) is 8.15. The van der Waals surface area contributed by atoms with Gasteiger partial charge >= 0.3 is 0 Å². The van der Waals surface area contributed by atoms with E-state index in [0.717, 1.165) is 16.1 Å². The summed E-state index contributed by atoms with van der Waals surface area (Å²) in [6.07, 6.45) is 1.40. The number of benzene rings is 1. The van der Waals surface area contributed by atoms with E-state index in [2.05, 4.69) is 15.4 Å². The molecule has 7 heteroatoms. The van der Waals surface area contributed by atoms with E-state index < -0.39 is 0 Å². The van der Waals surface area contributed by atoms with E-state index in [1.54, 1.807) is 5.01 Å². The summed E-state index contributed by atoms with van der Waals surface area (Å²) in [7, 11) is 3.68. The van der Waals surface area contributed by atoms with E-state index in [-0.39, 0.29) is 0 Å². The van der Waals surface area contributed by atoms with Gasteiger partial charge in [0.05, 0.1) is 0 Å². The van der Waals surface area contributed by atoms with E-state index in [1.165, 1.54) is 6.33 Å². The minimum Gasteiger partial charge on any atom is -0.437 e. The molecule has 112 valence electrons. The number of aromatic nitrogens is 2. The van der Waals surface area contributed by atoms with Crippen LogP contribution in [0.5, 0.6) is 11.6 Å². The van der Waals surface area contributed by atoms with E-state index in [0.29, 0.717) is 23.1 Å². The van der Waals surface area contributed by atoms with Crippen molar-refractivity contribution in [1.29, 1.82) is 0 Å². The van der Waals surface area contributed by atoms with Gasteiger partial charge in [-0.25, -0.2) is 9.99 Å². The Morgan fingerprint density at radius 2 is 1.81 bits per heavy atom. The molecule has 0 atom stereocenters. The van der Waals surface area contributed by atoms with Crippen LogP contribution in [-0.2, 0) is 0 Å². The Morgan fingerprint density at radius 3 is 2.38 bits per heavy atom. The molecule has 0 unspecified atom stereocenters. The fourth-order valence-electron chi connectivity index (χ4n) is 1.84. The van der Waals surface area contributed by atoms with Gasteiger partial charge in [0.25, 0.3) is 0 Å². The number of nitrogen functional groups attached to an aromatic ring is 1. The zero-order valence-electron chi connectivity index (χ0n) is 12.4. The number of hydrazine groups is 1. The average molecular weight is 308 g/mol. The van der Waals surface area contributed by atoms with Crippen LogP contribution in [0.4, 0.5) is 11.5 Å². The Morgan fingerprint density at radius 1 is 1.19 bits per heavy atom. The molecule has 2 rings (SSSR count). The van der Waals surface area contributed by atoms with Gasteiger partial charge in [0.15, 0.2) is 5.82 Å². The normalized spacial score (nSPS) is 10.8. The lowest BCUT2D eigenvalue weighted by atomic mass is 10.1. The molecule has 0 radical (unpaired) electrons. The third kappa shape index (κ3) is 3.53. The van der Waals surface area contributed by atoms with Crippen molar-refractivity contribution in [2.24, 2.45) is 0 Å². The first-order valence-corrected chi connectivity index (χ1v) is 6.75. The first-order chi connectivity index (χ1) is 9.88. The second kappa shape index (κ2) is 6.15. The summed E-state index contributed by atoms with van der Waals surface area (Å²) in [6.45, 7) is 3.84. The average Bonchev–Trinajstić information content (AvgIpc) is 2.40. The Bertz CT molecular complexity index is 637. The van der Waals surface area contributed by atoms with Crippen molar-refractivity contribution in [3.8, 4) is 11.6 Å². The molecule has 0 bridgehead atoms. The highest BCUT2D eigenvalue weighted by molar-refractivity contribution is 6.32. The van der Waals surface area contributed by atoms with Crippen molar-refractivity contribution in [2.75, 3.05) is 25.3 Å². The molecule has 6 nitrogen and oxygen atoms in total. The van der Waals surface area contributed by atoms with Crippen LogP contribution < -0.4 is 15.9 Å². The van der Waals surface area contributed by atoms with E-state index in [1.807, 2.05) is 40.1 Å². The number of ether oxygens (including phenoxy) is 1. The van der Waals surface area contributed by atoms with Crippen LogP contribution in [0.3, 0.4) is 0 Å². The smallest absolute Gasteiger partial charge is 0.248 e. The summed E-state index contributed by atoms with van der Waals surface area (Å²) in [5.41, 5.74) is 11.2. The Labute approximate surface area is 128 Å². The summed E-state index contributed by atoms with van der Waals surface area (Å²) in [6, 6.07) is 3.69. The van der Waals surface area contributed by atoms with Gasteiger partial charge in [0.2, 0.25) is 5.88 Å². The van der Waals surface area contributed by atoms with Gasteiger partial charge in [-0.05, 0) is 37.1 Å². The van der Waals surface area contributed by atoms with Crippen LogP contribution in [0.15, 0.2) is 18.5 Å². The molecule has 2 aromatic rings. The SMILES string of the molecule is Cc1cc(Oc2ncnc(NN(C)C)c2N)cc(C)c1Cl. The van der Waals surface area contributed by atoms with Crippen molar-refractivity contribution in [1.82, 2.24) is 15.0 Å². The largest absolute Gasteiger partial charge is 0.437 e. The van der Waals surface area contributed by atoms with Gasteiger partial charge in [-0.3, -0.25) is 0 Å². The number of hydrogen-bond donors (Lipinski definition) is 2. The Balaban J connectivity index is 2.32. The second-order valence-corrected chi connectivity index (χ2v) is 5.30. The molecule has 0 saturated carbocycles. The molecule has 0 aliphatic carbocycles. The van der Waals surface area contributed by atoms with Crippen LogP contribution in [-0.4, -0.2) is 29.1 Å². The lowest BCUT2D eigenvalue weighted by Crippen LogP contribution is -2.21. The molecule has 3 N–H and O–H groups in total. The monoisotopic (exact) mass is 307 g/mol. The van der Waals surface area contributed by atoms with Crippen molar-refractivity contribution >= 4 is 23.1 Å². The molecular weight excluding hydrogens is 290 g/mol. The van der Waals surface area contributed by atoms with Crippen molar-refractivity contribution < 1.29 is 4.74 Å². The van der Waals surface area contributed by atoms with Crippen LogP contribution in [0.25, 0.3) is 0 Å². The summed E-state index contributed by atoms with van der Waals surface area (Å²) < 4.78 is 5.75. The predicted molar refractivity (Wildman–Crippen MR) is 84.8 cm³/mol. The maximum atomic E-state index is 6.15. The summed E-state index contributed by atoms with van der Waals surface area (Å²) in [5.74, 6) is 1.43. The van der Waals surface area contributed by atoms with Crippen LogP contribution in [0, 0.1) is 13.8 Å². The van der Waals surface area contributed by atoms with Crippen LogP contribution in [0.2, 0.25) is 5.02 Å². The molecule has 1 aromatic carbocycles. The third-order valence-electron chi connectivity index (χ3n) is 2.80. The van der Waals surface area contributed by atoms with Crippen molar-refractivity contribution in [3.63, 3.8) is 0 Å². The number of nitrogens with one attached hydrogen (secondary N) is 1. The molecule has 0 amide bonds. The molecule has 21 heavy (non-hydrogen) atoms. The second-order valence-electron chi connectivity index (χ2n) is 4.92. The van der Waals surface area contributed by atoms with Crippen LogP contribution in [0.1, 0.15) is 11.1 Å². The summed E-state index contributed by atoms with van der Waals surface area (Å²) in [5, 5.41) is 2.46. The van der Waals surface area contributed by atoms with Gasteiger partial charge < -0.3 is 15.9 Å². The van der Waals surface area contributed by atoms with Gasteiger partial charge in [0, 0.05) is 19.1 Å². The fraction of sp³-hybridized carbons (Fsp3) is 0.286. The molecule has 0 spiro atoms. The molecule has 0 saturated heterocycles. The number of aryl methyl sites for hydroxylation is 2. The van der Waals surface area contributed by atoms with E-state index >= 15 is 0 Å². The third-order valence-corrected chi connectivity index (χ3v) is 3.40. The maximum absolute atomic E-state index is 6.15. The number of halogens is 1. The number of anilines is 2. The number of nitrogens with two attached hydrogens (primary N) is 1. The van der Waals surface area contributed by atoms with E-state index in [9.17, 15) is 0 Å². The van der Waals surface area contributed by atoms with Gasteiger partial charge in [0.1, 0.15) is 17.8 Å². The van der Waals surface area contributed by atoms with Crippen molar-refractivity contribution in [2.45, 2.75) is 13.8 Å². The zero-order chi connectivity index (χ0) is 15.6. The first-order valence-electron chi connectivity index (χ1n) is 6.37. The van der Waals surface area contributed by atoms with Gasteiger partial charge in [-0.1, -0.05) is 11.6 Å². The van der Waals surface area contributed by atoms with Crippen molar-refractivity contribution in [3.05, 3.63) is 34.6 Å². The quantitative estimate of drug-likeness (QED) is 0.846. The highest BCUT2D eigenvalue weighted by Gasteiger charge is 2.12. The molecule has 0 aliphatic rings. The minimum absolute atomic E-state index is 0.301.